The van der Waals surface area contributed by atoms with Crippen LogP contribution in [0, 0.1) is 5.92 Å². The topological polar surface area (TPSA) is 35.5 Å². The minimum Gasteiger partial charge on any atom is -0.390 e. The summed E-state index contributed by atoms with van der Waals surface area (Å²) in [6, 6.07) is 0. The highest BCUT2D eigenvalue weighted by Crippen LogP contribution is 2.26. The normalized spacial score (nSPS) is 18.8. The van der Waals surface area contributed by atoms with E-state index in [2.05, 4.69) is 24.1 Å². The highest BCUT2D eigenvalue weighted by molar-refractivity contribution is 4.75. The van der Waals surface area contributed by atoms with Gasteiger partial charge in [-0.3, -0.25) is 0 Å². The molecule has 0 aromatic carbocycles. The molecule has 3 heteroatoms. The maximum absolute atomic E-state index is 9.88. The molecule has 0 aliphatic heterocycles. The number of rotatable bonds is 9. The summed E-state index contributed by atoms with van der Waals surface area (Å²) in [5, 5.41) is 13.1. The molecule has 0 radical (unpaired) electrons. The number of hydrogen-bond donors (Lipinski definition) is 2. The van der Waals surface area contributed by atoms with Crippen molar-refractivity contribution in [3.05, 3.63) is 0 Å². The lowest BCUT2D eigenvalue weighted by Crippen LogP contribution is -2.41. The Morgan fingerprint density at radius 3 is 2.62 bits per heavy atom. The number of aliphatic hydroxyl groups is 1. The first kappa shape index (κ1) is 13.9. The van der Waals surface area contributed by atoms with Crippen LogP contribution in [0.15, 0.2) is 0 Å². The van der Waals surface area contributed by atoms with E-state index in [4.69, 9.17) is 0 Å². The van der Waals surface area contributed by atoms with E-state index in [1.807, 2.05) is 0 Å². The fraction of sp³-hybridized carbons (Fsp3) is 1.00. The Morgan fingerprint density at radius 1 is 1.38 bits per heavy atom. The van der Waals surface area contributed by atoms with E-state index in [1.54, 1.807) is 0 Å². The summed E-state index contributed by atoms with van der Waals surface area (Å²) in [5.41, 5.74) is 0. The molecule has 0 saturated heterocycles. The zero-order valence-corrected chi connectivity index (χ0v) is 10.9. The van der Waals surface area contributed by atoms with Gasteiger partial charge < -0.3 is 15.3 Å². The molecule has 1 atom stereocenters. The second kappa shape index (κ2) is 8.04. The van der Waals surface area contributed by atoms with Crippen LogP contribution in [-0.2, 0) is 0 Å². The van der Waals surface area contributed by atoms with Crippen molar-refractivity contribution in [1.82, 2.24) is 10.2 Å². The SMILES string of the molecule is CCCNCC(O)CN(CC)CC1CCC1. The van der Waals surface area contributed by atoms with Gasteiger partial charge in [-0.05, 0) is 38.3 Å². The third-order valence-electron chi connectivity index (χ3n) is 3.46. The molecule has 1 unspecified atom stereocenters. The first-order chi connectivity index (χ1) is 7.76. The van der Waals surface area contributed by atoms with Crippen LogP contribution in [0.5, 0.6) is 0 Å². The highest BCUT2D eigenvalue weighted by atomic mass is 16.3. The van der Waals surface area contributed by atoms with Crippen LogP contribution in [-0.4, -0.2) is 48.8 Å². The largest absolute Gasteiger partial charge is 0.390 e. The van der Waals surface area contributed by atoms with Gasteiger partial charge in [-0.15, -0.1) is 0 Å². The molecule has 2 N–H and O–H groups in total. The molecule has 1 rings (SSSR count). The lowest BCUT2D eigenvalue weighted by atomic mass is 9.85. The van der Waals surface area contributed by atoms with Crippen LogP contribution in [0.4, 0.5) is 0 Å². The van der Waals surface area contributed by atoms with E-state index >= 15 is 0 Å². The Hall–Kier alpha value is -0.120. The quantitative estimate of drug-likeness (QED) is 0.587. The highest BCUT2D eigenvalue weighted by Gasteiger charge is 2.21. The summed E-state index contributed by atoms with van der Waals surface area (Å²) in [6.07, 6.45) is 5.10. The minimum atomic E-state index is -0.216. The van der Waals surface area contributed by atoms with Gasteiger partial charge in [0.15, 0.2) is 0 Å². The summed E-state index contributed by atoms with van der Waals surface area (Å²) >= 11 is 0. The molecule has 16 heavy (non-hydrogen) atoms. The predicted molar refractivity (Wildman–Crippen MR) is 68.6 cm³/mol. The van der Waals surface area contributed by atoms with Crippen LogP contribution in [0.3, 0.4) is 0 Å². The average molecular weight is 228 g/mol. The van der Waals surface area contributed by atoms with Crippen molar-refractivity contribution in [2.24, 2.45) is 5.92 Å². The Kier molecular flexibility index (Phi) is 7.01. The molecule has 0 amide bonds. The summed E-state index contributed by atoms with van der Waals surface area (Å²) in [5.74, 6) is 0.899. The smallest absolute Gasteiger partial charge is 0.0791 e. The van der Waals surface area contributed by atoms with Crippen molar-refractivity contribution in [3.63, 3.8) is 0 Å². The van der Waals surface area contributed by atoms with Crippen molar-refractivity contribution in [3.8, 4) is 0 Å². The number of hydrogen-bond acceptors (Lipinski definition) is 3. The van der Waals surface area contributed by atoms with Gasteiger partial charge in [0.1, 0.15) is 0 Å². The molecule has 3 nitrogen and oxygen atoms in total. The van der Waals surface area contributed by atoms with Crippen molar-refractivity contribution in [2.45, 2.75) is 45.6 Å². The molecule has 0 aromatic heterocycles. The lowest BCUT2D eigenvalue weighted by Gasteiger charge is -2.32. The van der Waals surface area contributed by atoms with E-state index in [-0.39, 0.29) is 6.10 Å². The van der Waals surface area contributed by atoms with Gasteiger partial charge in [0.2, 0.25) is 0 Å². The van der Waals surface area contributed by atoms with Crippen molar-refractivity contribution < 1.29 is 5.11 Å². The molecular formula is C13H28N2O. The molecule has 0 spiro atoms. The standard InChI is InChI=1S/C13H28N2O/c1-3-8-14-9-13(16)11-15(4-2)10-12-6-5-7-12/h12-14,16H,3-11H2,1-2H3. The zero-order chi connectivity index (χ0) is 11.8. The van der Waals surface area contributed by atoms with Crippen LogP contribution in [0.2, 0.25) is 0 Å². The maximum Gasteiger partial charge on any atom is 0.0791 e. The monoisotopic (exact) mass is 228 g/mol. The lowest BCUT2D eigenvalue weighted by molar-refractivity contribution is 0.0934. The van der Waals surface area contributed by atoms with E-state index < -0.39 is 0 Å². The number of nitrogens with one attached hydrogen (secondary N) is 1. The fourth-order valence-electron chi connectivity index (χ4n) is 2.18. The van der Waals surface area contributed by atoms with Gasteiger partial charge >= 0.3 is 0 Å². The number of aliphatic hydroxyl groups excluding tert-OH is 1. The molecule has 1 fully saturated rings. The van der Waals surface area contributed by atoms with Gasteiger partial charge in [0.05, 0.1) is 6.10 Å². The molecular weight excluding hydrogens is 200 g/mol. The number of likely N-dealkylation sites (N-methyl/N-ethyl adjacent to an activating group) is 1. The number of nitrogens with zero attached hydrogens (tertiary/aromatic N) is 1. The second-order valence-electron chi connectivity index (χ2n) is 5.01. The zero-order valence-electron chi connectivity index (χ0n) is 10.9. The molecule has 0 aromatic rings. The van der Waals surface area contributed by atoms with Crippen LogP contribution >= 0.6 is 0 Å². The van der Waals surface area contributed by atoms with Crippen molar-refractivity contribution in [1.29, 1.82) is 0 Å². The third-order valence-corrected chi connectivity index (χ3v) is 3.46. The summed E-state index contributed by atoms with van der Waals surface area (Å²) in [4.78, 5) is 2.39. The van der Waals surface area contributed by atoms with E-state index in [0.29, 0.717) is 0 Å². The third kappa shape index (κ3) is 5.28. The molecule has 1 saturated carbocycles. The molecule has 1 aliphatic carbocycles. The van der Waals surface area contributed by atoms with E-state index in [0.717, 1.165) is 38.5 Å². The Labute approximate surface area is 100 Å². The Bertz CT molecular complexity index is 171. The van der Waals surface area contributed by atoms with Crippen LogP contribution in [0.1, 0.15) is 39.5 Å². The Balaban J connectivity index is 2.10. The van der Waals surface area contributed by atoms with Gasteiger partial charge in [-0.1, -0.05) is 20.3 Å². The second-order valence-corrected chi connectivity index (χ2v) is 5.01. The summed E-state index contributed by atoms with van der Waals surface area (Å²) < 4.78 is 0. The van der Waals surface area contributed by atoms with Crippen LogP contribution < -0.4 is 5.32 Å². The minimum absolute atomic E-state index is 0.216. The molecule has 0 bridgehead atoms. The fourth-order valence-corrected chi connectivity index (χ4v) is 2.18. The predicted octanol–water partition coefficient (Wildman–Crippen LogP) is 1.47. The first-order valence-corrected chi connectivity index (χ1v) is 6.87. The maximum atomic E-state index is 9.88. The van der Waals surface area contributed by atoms with E-state index in [9.17, 15) is 5.11 Å². The molecule has 96 valence electrons. The van der Waals surface area contributed by atoms with Gasteiger partial charge in [-0.2, -0.15) is 0 Å². The van der Waals surface area contributed by atoms with Gasteiger partial charge in [0, 0.05) is 19.6 Å². The Morgan fingerprint density at radius 2 is 2.12 bits per heavy atom. The molecule has 1 aliphatic rings. The van der Waals surface area contributed by atoms with Crippen molar-refractivity contribution in [2.75, 3.05) is 32.7 Å². The first-order valence-electron chi connectivity index (χ1n) is 6.87. The van der Waals surface area contributed by atoms with Gasteiger partial charge in [-0.25, -0.2) is 0 Å². The summed E-state index contributed by atoms with van der Waals surface area (Å²) in [7, 11) is 0. The molecule has 0 heterocycles. The van der Waals surface area contributed by atoms with E-state index in [1.165, 1.54) is 25.8 Å². The summed E-state index contributed by atoms with van der Waals surface area (Å²) in [6.45, 7) is 9.13. The van der Waals surface area contributed by atoms with Crippen LogP contribution in [0.25, 0.3) is 0 Å². The average Bonchev–Trinajstić information content (AvgIpc) is 2.22. The van der Waals surface area contributed by atoms with Crippen molar-refractivity contribution >= 4 is 0 Å². The van der Waals surface area contributed by atoms with Gasteiger partial charge in [0.25, 0.3) is 0 Å².